The first kappa shape index (κ1) is 14.0. The first-order chi connectivity index (χ1) is 9.11. The Bertz CT molecular complexity index is 414. The summed E-state index contributed by atoms with van der Waals surface area (Å²) >= 11 is 0. The van der Waals surface area contributed by atoms with Crippen LogP contribution in [0.2, 0.25) is 0 Å². The number of likely N-dealkylation sites (tertiary alicyclic amines) is 1. The van der Waals surface area contributed by atoms with Crippen molar-refractivity contribution in [3.8, 4) is 5.75 Å². The molecule has 0 saturated carbocycles. The Morgan fingerprint density at radius 2 is 2.05 bits per heavy atom. The van der Waals surface area contributed by atoms with Gasteiger partial charge in [0, 0.05) is 24.8 Å². The summed E-state index contributed by atoms with van der Waals surface area (Å²) in [7, 11) is 4.35. The Morgan fingerprint density at radius 1 is 1.37 bits per heavy atom. The van der Waals surface area contributed by atoms with Gasteiger partial charge in [0.25, 0.3) is 0 Å². The minimum atomic E-state index is 0.606. The Labute approximate surface area is 116 Å². The van der Waals surface area contributed by atoms with E-state index in [2.05, 4.69) is 36.0 Å². The Morgan fingerprint density at radius 3 is 2.68 bits per heavy atom. The second-order valence-electron chi connectivity index (χ2n) is 5.30. The molecule has 1 aliphatic rings. The molecule has 1 saturated heterocycles. The summed E-state index contributed by atoms with van der Waals surface area (Å²) in [4.78, 5) is 4.74. The summed E-state index contributed by atoms with van der Waals surface area (Å²) < 4.78 is 5.57. The second-order valence-corrected chi connectivity index (χ2v) is 5.30. The summed E-state index contributed by atoms with van der Waals surface area (Å²) in [5, 5.41) is 0. The number of ether oxygens (including phenoxy) is 1. The standard InChI is InChI=1S/C15H25N3O/c1-4-19-15-11-13(5-6-14(15)16)18(3)12-7-9-17(2)10-8-12/h5-6,11-12H,4,7-10,16H2,1-3H3. The molecule has 0 bridgehead atoms. The third-order valence-corrected chi connectivity index (χ3v) is 3.94. The molecule has 106 valence electrons. The summed E-state index contributed by atoms with van der Waals surface area (Å²) in [5.74, 6) is 0.791. The smallest absolute Gasteiger partial charge is 0.144 e. The van der Waals surface area contributed by atoms with Gasteiger partial charge >= 0.3 is 0 Å². The number of benzene rings is 1. The van der Waals surface area contributed by atoms with Crippen LogP contribution in [-0.2, 0) is 0 Å². The number of hydrogen-bond acceptors (Lipinski definition) is 4. The van der Waals surface area contributed by atoms with Crippen molar-refractivity contribution in [1.29, 1.82) is 0 Å². The number of nitrogens with zero attached hydrogens (tertiary/aromatic N) is 2. The number of nitrogen functional groups attached to an aromatic ring is 1. The minimum Gasteiger partial charge on any atom is -0.492 e. The average molecular weight is 263 g/mol. The van der Waals surface area contributed by atoms with E-state index in [1.54, 1.807) is 0 Å². The van der Waals surface area contributed by atoms with Gasteiger partial charge in [-0.3, -0.25) is 0 Å². The molecular weight excluding hydrogens is 238 g/mol. The zero-order valence-corrected chi connectivity index (χ0v) is 12.2. The van der Waals surface area contributed by atoms with Gasteiger partial charge in [0.1, 0.15) is 5.75 Å². The number of anilines is 2. The number of rotatable bonds is 4. The van der Waals surface area contributed by atoms with Crippen molar-refractivity contribution in [2.24, 2.45) is 0 Å². The topological polar surface area (TPSA) is 41.7 Å². The van der Waals surface area contributed by atoms with E-state index in [0.29, 0.717) is 18.3 Å². The number of nitrogens with two attached hydrogens (primary N) is 1. The minimum absolute atomic E-state index is 0.606. The number of hydrogen-bond donors (Lipinski definition) is 1. The van der Waals surface area contributed by atoms with Gasteiger partial charge in [0.2, 0.25) is 0 Å². The summed E-state index contributed by atoms with van der Waals surface area (Å²) in [6, 6.07) is 6.67. The molecule has 2 rings (SSSR count). The maximum atomic E-state index is 5.92. The average Bonchev–Trinajstić information content (AvgIpc) is 2.41. The SMILES string of the molecule is CCOc1cc(N(C)C2CCN(C)CC2)ccc1N. The van der Waals surface area contributed by atoms with Gasteiger partial charge in [-0.2, -0.15) is 0 Å². The molecule has 0 aromatic heterocycles. The van der Waals surface area contributed by atoms with Gasteiger partial charge in [-0.15, -0.1) is 0 Å². The van der Waals surface area contributed by atoms with Crippen molar-refractivity contribution >= 4 is 11.4 Å². The van der Waals surface area contributed by atoms with Crippen molar-refractivity contribution in [2.75, 3.05) is 44.4 Å². The van der Waals surface area contributed by atoms with Crippen LogP contribution in [0.5, 0.6) is 5.75 Å². The van der Waals surface area contributed by atoms with Gasteiger partial charge in [-0.05, 0) is 52.0 Å². The van der Waals surface area contributed by atoms with Crippen LogP contribution in [0.3, 0.4) is 0 Å². The third-order valence-electron chi connectivity index (χ3n) is 3.94. The van der Waals surface area contributed by atoms with Crippen molar-refractivity contribution in [3.63, 3.8) is 0 Å². The second kappa shape index (κ2) is 6.15. The Kier molecular flexibility index (Phi) is 4.53. The van der Waals surface area contributed by atoms with E-state index in [4.69, 9.17) is 10.5 Å². The molecule has 4 heteroatoms. The molecule has 0 unspecified atom stereocenters. The van der Waals surface area contributed by atoms with Crippen molar-refractivity contribution in [3.05, 3.63) is 18.2 Å². The molecule has 0 amide bonds. The van der Waals surface area contributed by atoms with E-state index < -0.39 is 0 Å². The highest BCUT2D eigenvalue weighted by atomic mass is 16.5. The van der Waals surface area contributed by atoms with Gasteiger partial charge in [-0.25, -0.2) is 0 Å². The lowest BCUT2D eigenvalue weighted by atomic mass is 10.0. The van der Waals surface area contributed by atoms with Crippen LogP contribution in [0.15, 0.2) is 18.2 Å². The van der Waals surface area contributed by atoms with Crippen molar-refractivity contribution < 1.29 is 4.74 Å². The molecule has 0 spiro atoms. The fraction of sp³-hybridized carbons (Fsp3) is 0.600. The highest BCUT2D eigenvalue weighted by Crippen LogP contribution is 2.29. The van der Waals surface area contributed by atoms with Crippen LogP contribution < -0.4 is 15.4 Å². The van der Waals surface area contributed by atoms with Crippen LogP contribution in [-0.4, -0.2) is 44.7 Å². The van der Waals surface area contributed by atoms with Crippen LogP contribution in [0.4, 0.5) is 11.4 Å². The molecule has 1 heterocycles. The maximum absolute atomic E-state index is 5.92. The lowest BCUT2D eigenvalue weighted by Gasteiger charge is -2.36. The molecule has 0 atom stereocenters. The molecule has 0 radical (unpaired) electrons. The lowest BCUT2D eigenvalue weighted by molar-refractivity contribution is 0.253. The predicted molar refractivity (Wildman–Crippen MR) is 80.9 cm³/mol. The summed E-state index contributed by atoms with van der Waals surface area (Å²) in [6.45, 7) is 4.96. The van der Waals surface area contributed by atoms with Gasteiger partial charge in [-0.1, -0.05) is 0 Å². The molecule has 1 fully saturated rings. The largest absolute Gasteiger partial charge is 0.492 e. The summed E-state index contributed by atoms with van der Waals surface area (Å²) in [6.07, 6.45) is 2.42. The zero-order chi connectivity index (χ0) is 13.8. The lowest BCUT2D eigenvalue weighted by Crippen LogP contribution is -2.41. The fourth-order valence-corrected chi connectivity index (χ4v) is 2.62. The molecule has 2 N–H and O–H groups in total. The highest BCUT2D eigenvalue weighted by molar-refractivity contribution is 5.62. The van der Waals surface area contributed by atoms with E-state index in [0.717, 1.165) is 5.75 Å². The normalized spacial score (nSPS) is 17.4. The number of piperidine rings is 1. The molecule has 19 heavy (non-hydrogen) atoms. The molecule has 4 nitrogen and oxygen atoms in total. The first-order valence-electron chi connectivity index (χ1n) is 7.05. The Balaban J connectivity index is 2.10. The van der Waals surface area contributed by atoms with Crippen LogP contribution >= 0.6 is 0 Å². The monoisotopic (exact) mass is 263 g/mol. The van der Waals surface area contributed by atoms with Crippen LogP contribution in [0, 0.1) is 0 Å². The molecule has 1 aromatic carbocycles. The van der Waals surface area contributed by atoms with E-state index >= 15 is 0 Å². The van der Waals surface area contributed by atoms with Crippen LogP contribution in [0.25, 0.3) is 0 Å². The first-order valence-corrected chi connectivity index (χ1v) is 7.05. The van der Waals surface area contributed by atoms with E-state index in [1.165, 1.54) is 31.6 Å². The van der Waals surface area contributed by atoms with Gasteiger partial charge in [0.05, 0.1) is 12.3 Å². The van der Waals surface area contributed by atoms with E-state index in [-0.39, 0.29) is 0 Å². The quantitative estimate of drug-likeness (QED) is 0.846. The molecule has 1 aliphatic heterocycles. The predicted octanol–water partition coefficient (Wildman–Crippen LogP) is 2.20. The summed E-state index contributed by atoms with van der Waals surface area (Å²) in [5.41, 5.74) is 7.82. The fourth-order valence-electron chi connectivity index (χ4n) is 2.62. The van der Waals surface area contributed by atoms with Crippen LogP contribution in [0.1, 0.15) is 19.8 Å². The third kappa shape index (κ3) is 3.32. The molecule has 1 aromatic rings. The molecule has 0 aliphatic carbocycles. The zero-order valence-electron chi connectivity index (χ0n) is 12.2. The van der Waals surface area contributed by atoms with Gasteiger partial charge < -0.3 is 20.3 Å². The highest BCUT2D eigenvalue weighted by Gasteiger charge is 2.21. The van der Waals surface area contributed by atoms with Gasteiger partial charge in [0.15, 0.2) is 0 Å². The van der Waals surface area contributed by atoms with E-state index in [9.17, 15) is 0 Å². The van der Waals surface area contributed by atoms with Crippen molar-refractivity contribution in [2.45, 2.75) is 25.8 Å². The molecular formula is C15H25N3O. The van der Waals surface area contributed by atoms with E-state index in [1.807, 2.05) is 13.0 Å². The Hall–Kier alpha value is -1.42. The maximum Gasteiger partial charge on any atom is 0.144 e. The van der Waals surface area contributed by atoms with Crippen molar-refractivity contribution in [1.82, 2.24) is 4.90 Å².